The van der Waals surface area contributed by atoms with Crippen molar-refractivity contribution in [3.63, 3.8) is 0 Å². The number of aliphatic hydroxyl groups is 1. The van der Waals surface area contributed by atoms with Crippen LogP contribution in [-0.2, 0) is 4.79 Å². The number of anilines is 1. The third-order valence-electron chi connectivity index (χ3n) is 7.42. The van der Waals surface area contributed by atoms with Crippen molar-refractivity contribution in [2.45, 2.75) is 44.1 Å². The van der Waals surface area contributed by atoms with Gasteiger partial charge in [-0.3, -0.25) is 4.79 Å². The number of allylic oxidation sites excluding steroid dienone is 4. The topological polar surface area (TPSA) is 73.6 Å². The fourth-order valence-corrected chi connectivity index (χ4v) is 5.60. The van der Waals surface area contributed by atoms with E-state index in [-0.39, 0.29) is 36.6 Å². The second-order valence-electron chi connectivity index (χ2n) is 9.46. The van der Waals surface area contributed by atoms with Crippen molar-refractivity contribution in [1.82, 2.24) is 19.8 Å². The van der Waals surface area contributed by atoms with Crippen LogP contribution in [0.15, 0.2) is 47.8 Å². The quantitative estimate of drug-likeness (QED) is 0.678. The van der Waals surface area contributed by atoms with Gasteiger partial charge in [-0.1, -0.05) is 17.7 Å². The molecule has 0 spiro atoms. The second-order valence-corrected chi connectivity index (χ2v) is 9.90. The van der Waals surface area contributed by atoms with Crippen molar-refractivity contribution in [1.29, 1.82) is 0 Å². The molecule has 7 nitrogen and oxygen atoms in total. The summed E-state index contributed by atoms with van der Waals surface area (Å²) in [6, 6.07) is 5.54. The lowest BCUT2D eigenvalue weighted by molar-refractivity contribution is -0.136. The minimum atomic E-state index is -1.15. The molecule has 182 valence electrons. The molecule has 1 aromatic carbocycles. The van der Waals surface area contributed by atoms with E-state index < -0.39 is 6.17 Å². The summed E-state index contributed by atoms with van der Waals surface area (Å²) in [6.07, 6.45) is 7.50. The molecule has 2 aromatic rings. The number of nitrogens with zero attached hydrogens (tertiary/aromatic N) is 4. The Bertz CT molecular complexity index is 1110. The second kappa shape index (κ2) is 9.68. The Morgan fingerprint density at radius 3 is 2.97 bits per heavy atom. The van der Waals surface area contributed by atoms with Gasteiger partial charge < -0.3 is 24.8 Å². The monoisotopic (exact) mass is 487 g/mol. The first-order valence-corrected chi connectivity index (χ1v) is 12.4. The summed E-state index contributed by atoms with van der Waals surface area (Å²) in [4.78, 5) is 21.5. The highest BCUT2D eigenvalue weighted by Crippen LogP contribution is 2.34. The molecule has 34 heavy (non-hydrogen) atoms. The minimum absolute atomic E-state index is 0.0752. The van der Waals surface area contributed by atoms with Crippen LogP contribution in [0.1, 0.15) is 25.8 Å². The van der Waals surface area contributed by atoms with Crippen LogP contribution in [0.4, 0.5) is 10.1 Å². The van der Waals surface area contributed by atoms with E-state index in [4.69, 9.17) is 11.6 Å². The van der Waals surface area contributed by atoms with Gasteiger partial charge in [-0.05, 0) is 56.7 Å². The van der Waals surface area contributed by atoms with Crippen LogP contribution in [-0.4, -0.2) is 76.5 Å². The number of aromatic nitrogens is 2. The zero-order chi connectivity index (χ0) is 23.8. The van der Waals surface area contributed by atoms with Crippen LogP contribution in [0.2, 0.25) is 0 Å². The molecular formula is C25H31ClFN5O2. The van der Waals surface area contributed by atoms with Crippen molar-refractivity contribution in [2.75, 3.05) is 37.7 Å². The summed E-state index contributed by atoms with van der Waals surface area (Å²) in [7, 11) is 0. The van der Waals surface area contributed by atoms with Gasteiger partial charge in [0.15, 0.2) is 0 Å². The van der Waals surface area contributed by atoms with Crippen LogP contribution >= 0.6 is 11.6 Å². The summed E-state index contributed by atoms with van der Waals surface area (Å²) >= 11 is 5.96. The van der Waals surface area contributed by atoms with Crippen LogP contribution in [0.3, 0.4) is 0 Å². The van der Waals surface area contributed by atoms with Gasteiger partial charge >= 0.3 is 0 Å². The molecule has 2 aliphatic heterocycles. The zero-order valence-corrected chi connectivity index (χ0v) is 20.0. The summed E-state index contributed by atoms with van der Waals surface area (Å²) in [5.41, 5.74) is 2.78. The number of amides is 1. The van der Waals surface area contributed by atoms with Gasteiger partial charge in [0.05, 0.1) is 36.1 Å². The number of carbonyl (C=O) groups excluding carboxylic acids is 1. The first-order valence-electron chi connectivity index (χ1n) is 12.0. The van der Waals surface area contributed by atoms with Crippen LogP contribution in [0.5, 0.6) is 0 Å². The van der Waals surface area contributed by atoms with Crippen molar-refractivity contribution in [3.8, 4) is 0 Å². The summed E-state index contributed by atoms with van der Waals surface area (Å²) < 4.78 is 16.7. The standard InChI is InChI=1S/C25H31ClFN5O2/c1-16(20-6-4-17(26)11-21(20)27)32-15-29-22-7-5-18(12-24(22)32)30-9-10-31(19(13-30)14-33)25(34)23-3-2-8-28-23/h4-7,11-12,15-16,19-21,23,28,33H,2-3,8-10,13-14H2,1H3/t16-,19?,20?,21?,23-/m1/s1. The number of piperazine rings is 1. The Balaban J connectivity index is 1.35. The summed E-state index contributed by atoms with van der Waals surface area (Å²) in [6.45, 7) is 4.60. The molecule has 2 saturated heterocycles. The van der Waals surface area contributed by atoms with Gasteiger partial charge in [0.2, 0.25) is 5.91 Å². The molecule has 3 unspecified atom stereocenters. The van der Waals surface area contributed by atoms with E-state index >= 15 is 0 Å². The van der Waals surface area contributed by atoms with E-state index in [0.717, 1.165) is 36.1 Å². The molecule has 2 N–H and O–H groups in total. The number of halogens is 2. The summed E-state index contributed by atoms with van der Waals surface area (Å²) in [5, 5.41) is 13.7. The number of nitrogens with one attached hydrogen (secondary N) is 1. The normalized spacial score (nSPS) is 28.4. The number of hydrogen-bond acceptors (Lipinski definition) is 5. The number of fused-ring (bicyclic) bond motifs is 1. The van der Waals surface area contributed by atoms with E-state index in [2.05, 4.69) is 21.3 Å². The number of aliphatic hydroxyl groups excluding tert-OH is 1. The molecule has 5 rings (SSSR count). The van der Waals surface area contributed by atoms with E-state index in [1.807, 2.05) is 34.6 Å². The number of alkyl halides is 1. The SMILES string of the molecule is C[C@H](C1C=CC(Cl)=CC1F)n1cnc2ccc(N3CCN(C(=O)[C@H]4CCCN4)C(CO)C3)cc21. The maximum Gasteiger partial charge on any atom is 0.240 e. The van der Waals surface area contributed by atoms with Gasteiger partial charge in [0.1, 0.15) is 6.17 Å². The minimum Gasteiger partial charge on any atom is -0.394 e. The van der Waals surface area contributed by atoms with Crippen molar-refractivity contribution in [3.05, 3.63) is 47.8 Å². The number of hydrogen-bond donors (Lipinski definition) is 2. The van der Waals surface area contributed by atoms with Crippen LogP contribution in [0.25, 0.3) is 11.0 Å². The predicted molar refractivity (Wildman–Crippen MR) is 132 cm³/mol. The van der Waals surface area contributed by atoms with Gasteiger partial charge in [0.25, 0.3) is 0 Å². The molecule has 9 heteroatoms. The lowest BCUT2D eigenvalue weighted by Crippen LogP contribution is -2.59. The van der Waals surface area contributed by atoms with Crippen LogP contribution in [0, 0.1) is 5.92 Å². The molecule has 5 atom stereocenters. The lowest BCUT2D eigenvalue weighted by Gasteiger charge is -2.42. The molecule has 1 aliphatic carbocycles. The lowest BCUT2D eigenvalue weighted by atomic mass is 9.91. The van der Waals surface area contributed by atoms with E-state index in [1.165, 1.54) is 6.08 Å². The Labute approximate surface area is 203 Å². The predicted octanol–water partition coefficient (Wildman–Crippen LogP) is 3.01. The summed E-state index contributed by atoms with van der Waals surface area (Å²) in [5.74, 6) is -0.241. The molecule has 0 radical (unpaired) electrons. The number of rotatable bonds is 5. The Morgan fingerprint density at radius 1 is 1.38 bits per heavy atom. The number of imidazole rings is 1. The molecule has 0 saturated carbocycles. The Morgan fingerprint density at radius 2 is 2.24 bits per heavy atom. The highest BCUT2D eigenvalue weighted by molar-refractivity contribution is 6.31. The maximum atomic E-state index is 14.7. The van der Waals surface area contributed by atoms with E-state index in [9.17, 15) is 14.3 Å². The van der Waals surface area contributed by atoms with E-state index in [0.29, 0.717) is 24.7 Å². The first kappa shape index (κ1) is 23.3. The molecule has 1 aromatic heterocycles. The third-order valence-corrected chi connectivity index (χ3v) is 7.67. The van der Waals surface area contributed by atoms with E-state index in [1.54, 1.807) is 12.4 Å². The Hall–Kier alpha value is -2.42. The van der Waals surface area contributed by atoms with Crippen LogP contribution < -0.4 is 10.2 Å². The fraction of sp³-hybridized carbons (Fsp3) is 0.520. The maximum absolute atomic E-state index is 14.7. The first-order chi connectivity index (χ1) is 16.5. The molecule has 0 bridgehead atoms. The smallest absolute Gasteiger partial charge is 0.240 e. The average Bonchev–Trinajstić information content (AvgIpc) is 3.53. The highest BCUT2D eigenvalue weighted by atomic mass is 35.5. The van der Waals surface area contributed by atoms with Gasteiger partial charge in [0, 0.05) is 42.3 Å². The van der Waals surface area contributed by atoms with Gasteiger partial charge in [-0.2, -0.15) is 0 Å². The highest BCUT2D eigenvalue weighted by Gasteiger charge is 2.35. The fourth-order valence-electron chi connectivity index (χ4n) is 5.41. The van der Waals surface area contributed by atoms with Gasteiger partial charge in [-0.15, -0.1) is 0 Å². The number of carbonyl (C=O) groups is 1. The zero-order valence-electron chi connectivity index (χ0n) is 19.3. The molecular weight excluding hydrogens is 457 g/mol. The molecule has 3 heterocycles. The molecule has 2 fully saturated rings. The van der Waals surface area contributed by atoms with Crippen molar-refractivity contribution in [2.24, 2.45) is 5.92 Å². The average molecular weight is 488 g/mol. The third kappa shape index (κ3) is 4.34. The molecule has 1 amide bonds. The molecule has 3 aliphatic rings. The largest absolute Gasteiger partial charge is 0.394 e. The van der Waals surface area contributed by atoms with Crippen molar-refractivity contribution >= 4 is 34.2 Å². The van der Waals surface area contributed by atoms with Crippen molar-refractivity contribution < 1.29 is 14.3 Å². The Kier molecular flexibility index (Phi) is 6.64. The number of benzene rings is 1. The van der Waals surface area contributed by atoms with Gasteiger partial charge in [-0.25, -0.2) is 9.37 Å².